The van der Waals surface area contributed by atoms with Gasteiger partial charge in [-0.2, -0.15) is 0 Å². The lowest BCUT2D eigenvalue weighted by Crippen LogP contribution is -2.10. The van der Waals surface area contributed by atoms with E-state index in [4.69, 9.17) is 5.11 Å². The van der Waals surface area contributed by atoms with Crippen molar-refractivity contribution in [3.8, 4) is 0 Å². The van der Waals surface area contributed by atoms with E-state index in [1.807, 2.05) is 25.3 Å². The number of allylic oxidation sites excluding steroid dienone is 4. The van der Waals surface area contributed by atoms with Crippen LogP contribution < -0.4 is 5.32 Å². The molecule has 0 saturated heterocycles. The fourth-order valence-corrected chi connectivity index (χ4v) is 0.580. The zero-order valence-electron chi connectivity index (χ0n) is 6.88. The van der Waals surface area contributed by atoms with E-state index in [9.17, 15) is 0 Å². The molecule has 2 heteroatoms. The number of hydrogen-bond acceptors (Lipinski definition) is 2. The minimum absolute atomic E-state index is 0.161. The predicted octanol–water partition coefficient (Wildman–Crippen LogP) is 1.21. The summed E-state index contributed by atoms with van der Waals surface area (Å²) >= 11 is 0. The minimum Gasteiger partial charge on any atom is -0.395 e. The Hall–Kier alpha value is -1.02. The molecule has 0 aliphatic carbocycles. The Bertz CT molecular complexity index is 159. The summed E-state index contributed by atoms with van der Waals surface area (Å²) in [5, 5.41) is 11.3. The second-order valence-electron chi connectivity index (χ2n) is 2.16. The van der Waals surface area contributed by atoms with E-state index in [2.05, 4.69) is 11.9 Å². The molecule has 0 atom stereocenters. The van der Waals surface area contributed by atoms with Gasteiger partial charge in [-0.1, -0.05) is 18.7 Å². The number of rotatable bonds is 5. The molecule has 0 spiro atoms. The Morgan fingerprint density at radius 2 is 2.36 bits per heavy atom. The van der Waals surface area contributed by atoms with Gasteiger partial charge in [0.05, 0.1) is 6.61 Å². The van der Waals surface area contributed by atoms with Gasteiger partial charge < -0.3 is 10.4 Å². The van der Waals surface area contributed by atoms with Crippen LogP contribution in [0.4, 0.5) is 0 Å². The van der Waals surface area contributed by atoms with E-state index in [0.29, 0.717) is 6.54 Å². The van der Waals surface area contributed by atoms with Gasteiger partial charge in [0.2, 0.25) is 0 Å². The van der Waals surface area contributed by atoms with Crippen molar-refractivity contribution in [3.05, 3.63) is 36.6 Å². The van der Waals surface area contributed by atoms with Crippen molar-refractivity contribution in [2.75, 3.05) is 13.2 Å². The van der Waals surface area contributed by atoms with E-state index in [1.165, 1.54) is 0 Å². The number of nitrogens with one attached hydrogen (secondary N) is 1. The first kappa shape index (κ1) is 9.98. The third kappa shape index (κ3) is 6.87. The summed E-state index contributed by atoms with van der Waals surface area (Å²) in [6.45, 7) is 6.32. The lowest BCUT2D eigenvalue weighted by Gasteiger charge is -1.94. The van der Waals surface area contributed by atoms with Gasteiger partial charge in [-0.3, -0.25) is 0 Å². The number of aliphatic hydroxyl groups is 1. The minimum atomic E-state index is 0.161. The van der Waals surface area contributed by atoms with Gasteiger partial charge in [0, 0.05) is 6.54 Å². The molecule has 0 bridgehead atoms. The SMILES string of the molecule is C=C/C=C(C)\C=C/NCCO. The van der Waals surface area contributed by atoms with Crippen LogP contribution in [-0.4, -0.2) is 18.3 Å². The van der Waals surface area contributed by atoms with Crippen molar-refractivity contribution in [2.24, 2.45) is 0 Å². The largest absolute Gasteiger partial charge is 0.395 e. The van der Waals surface area contributed by atoms with Gasteiger partial charge in [0.25, 0.3) is 0 Å². The number of hydrogen-bond donors (Lipinski definition) is 2. The van der Waals surface area contributed by atoms with Crippen LogP contribution >= 0.6 is 0 Å². The maximum Gasteiger partial charge on any atom is 0.0603 e. The van der Waals surface area contributed by atoms with Crippen molar-refractivity contribution in [3.63, 3.8) is 0 Å². The van der Waals surface area contributed by atoms with Gasteiger partial charge in [-0.25, -0.2) is 0 Å². The van der Waals surface area contributed by atoms with Crippen LogP contribution in [0.3, 0.4) is 0 Å². The van der Waals surface area contributed by atoms with Crippen molar-refractivity contribution >= 4 is 0 Å². The van der Waals surface area contributed by atoms with Gasteiger partial charge in [-0.15, -0.1) is 0 Å². The van der Waals surface area contributed by atoms with Crippen molar-refractivity contribution in [1.82, 2.24) is 5.32 Å². The summed E-state index contributed by atoms with van der Waals surface area (Å²) in [7, 11) is 0. The fourth-order valence-electron chi connectivity index (χ4n) is 0.580. The summed E-state index contributed by atoms with van der Waals surface area (Å²) in [6, 6.07) is 0. The highest BCUT2D eigenvalue weighted by Crippen LogP contribution is 1.92. The van der Waals surface area contributed by atoms with Crippen LogP contribution in [0.2, 0.25) is 0 Å². The zero-order chi connectivity index (χ0) is 8.53. The smallest absolute Gasteiger partial charge is 0.0603 e. The molecular weight excluding hydrogens is 138 g/mol. The second kappa shape index (κ2) is 7.09. The average molecular weight is 153 g/mol. The number of aliphatic hydroxyl groups excluding tert-OH is 1. The molecule has 11 heavy (non-hydrogen) atoms. The third-order valence-electron chi connectivity index (χ3n) is 1.10. The van der Waals surface area contributed by atoms with Crippen molar-refractivity contribution < 1.29 is 5.11 Å². The highest BCUT2D eigenvalue weighted by Gasteiger charge is 1.77. The normalized spacial score (nSPS) is 12.0. The molecule has 0 saturated carbocycles. The lowest BCUT2D eigenvalue weighted by atomic mass is 10.3. The van der Waals surface area contributed by atoms with Crippen LogP contribution in [0.15, 0.2) is 36.6 Å². The summed E-state index contributed by atoms with van der Waals surface area (Å²) in [5.41, 5.74) is 1.13. The Balaban J connectivity index is 3.56. The molecule has 0 aliphatic rings. The maximum atomic E-state index is 8.41. The maximum absolute atomic E-state index is 8.41. The molecule has 0 rings (SSSR count). The molecule has 0 fully saturated rings. The standard InChI is InChI=1S/C9H15NO/c1-3-4-9(2)5-6-10-7-8-11/h3-6,10-11H,1,7-8H2,2H3/b6-5-,9-4-. The quantitative estimate of drug-likeness (QED) is 0.459. The predicted molar refractivity (Wildman–Crippen MR) is 48.2 cm³/mol. The Morgan fingerprint density at radius 3 is 2.91 bits per heavy atom. The molecular formula is C9H15NO. The van der Waals surface area contributed by atoms with E-state index in [1.54, 1.807) is 6.08 Å². The Morgan fingerprint density at radius 1 is 1.64 bits per heavy atom. The third-order valence-corrected chi connectivity index (χ3v) is 1.10. The average Bonchev–Trinajstić information content (AvgIpc) is 1.99. The first-order chi connectivity index (χ1) is 5.31. The van der Waals surface area contributed by atoms with E-state index >= 15 is 0 Å². The van der Waals surface area contributed by atoms with Crippen molar-refractivity contribution in [1.29, 1.82) is 0 Å². The summed E-state index contributed by atoms with van der Waals surface area (Å²) < 4.78 is 0. The molecule has 2 N–H and O–H groups in total. The van der Waals surface area contributed by atoms with Gasteiger partial charge in [-0.05, 0) is 24.8 Å². The van der Waals surface area contributed by atoms with Crippen molar-refractivity contribution in [2.45, 2.75) is 6.92 Å². The van der Waals surface area contributed by atoms with Crippen LogP contribution in [-0.2, 0) is 0 Å². The Labute approximate surface area is 67.9 Å². The molecule has 0 aromatic heterocycles. The molecule has 0 aromatic carbocycles. The zero-order valence-corrected chi connectivity index (χ0v) is 6.88. The highest BCUT2D eigenvalue weighted by atomic mass is 16.3. The second-order valence-corrected chi connectivity index (χ2v) is 2.16. The molecule has 0 unspecified atom stereocenters. The monoisotopic (exact) mass is 153 g/mol. The van der Waals surface area contributed by atoms with Gasteiger partial charge in [0.1, 0.15) is 0 Å². The highest BCUT2D eigenvalue weighted by molar-refractivity contribution is 5.19. The molecule has 0 heterocycles. The molecule has 2 nitrogen and oxygen atoms in total. The van der Waals surface area contributed by atoms with Crippen LogP contribution in [0.5, 0.6) is 0 Å². The first-order valence-corrected chi connectivity index (χ1v) is 3.61. The topological polar surface area (TPSA) is 32.3 Å². The summed E-state index contributed by atoms with van der Waals surface area (Å²) in [4.78, 5) is 0. The molecule has 0 radical (unpaired) electrons. The molecule has 0 aliphatic heterocycles. The van der Waals surface area contributed by atoms with Crippen LogP contribution in [0, 0.1) is 0 Å². The fraction of sp³-hybridized carbons (Fsp3) is 0.333. The lowest BCUT2D eigenvalue weighted by molar-refractivity contribution is 0.298. The van der Waals surface area contributed by atoms with Gasteiger partial charge >= 0.3 is 0 Å². The van der Waals surface area contributed by atoms with Crippen LogP contribution in [0.1, 0.15) is 6.92 Å². The Kier molecular flexibility index (Phi) is 6.43. The molecule has 62 valence electrons. The molecule has 0 aromatic rings. The summed E-state index contributed by atoms with van der Waals surface area (Å²) in [6.07, 6.45) is 7.39. The van der Waals surface area contributed by atoms with E-state index < -0.39 is 0 Å². The van der Waals surface area contributed by atoms with Crippen LogP contribution in [0.25, 0.3) is 0 Å². The summed E-state index contributed by atoms with van der Waals surface area (Å²) in [5.74, 6) is 0. The van der Waals surface area contributed by atoms with E-state index in [0.717, 1.165) is 5.57 Å². The van der Waals surface area contributed by atoms with E-state index in [-0.39, 0.29) is 6.61 Å². The molecule has 0 amide bonds. The van der Waals surface area contributed by atoms with Gasteiger partial charge in [0.15, 0.2) is 0 Å². The first-order valence-electron chi connectivity index (χ1n) is 3.61.